The molecule has 0 amide bonds. The molecule has 2 aromatic rings. The third-order valence-corrected chi connectivity index (χ3v) is 2.05. The van der Waals surface area contributed by atoms with Crippen LogP contribution < -0.4 is 4.74 Å². The summed E-state index contributed by atoms with van der Waals surface area (Å²) in [6, 6.07) is 5.75. The van der Waals surface area contributed by atoms with Gasteiger partial charge < -0.3 is 4.74 Å². The lowest BCUT2D eigenvalue weighted by Crippen LogP contribution is -1.97. The second-order valence-electron chi connectivity index (χ2n) is 3.26. The van der Waals surface area contributed by atoms with Crippen LogP contribution in [0.5, 0.6) is 11.6 Å². The smallest absolute Gasteiger partial charge is 0.307 e. The van der Waals surface area contributed by atoms with E-state index in [4.69, 9.17) is 4.74 Å². The quantitative estimate of drug-likeness (QED) is 0.622. The normalized spacial score (nSPS) is 10.1. The van der Waals surface area contributed by atoms with Gasteiger partial charge in [-0.15, -0.1) is 0 Å². The van der Waals surface area contributed by atoms with Gasteiger partial charge >= 0.3 is 5.69 Å². The van der Waals surface area contributed by atoms with Gasteiger partial charge in [-0.3, -0.25) is 10.1 Å². The van der Waals surface area contributed by atoms with E-state index in [1.807, 2.05) is 0 Å². The first-order valence-electron chi connectivity index (χ1n) is 4.80. The maximum atomic E-state index is 13.5. The topological polar surface area (TPSA) is 65.3 Å². The number of ether oxygens (including phenoxy) is 1. The minimum absolute atomic E-state index is 0.0599. The van der Waals surface area contributed by atoms with E-state index < -0.39 is 28.0 Å². The molecule has 0 fully saturated rings. The molecular formula is C11H6F2N2O3. The SMILES string of the molecule is O=[N+]([O-])c1cc(F)c(Oc2ccccn2)cc1F. The minimum Gasteiger partial charge on any atom is -0.436 e. The van der Waals surface area contributed by atoms with Crippen LogP contribution in [0.25, 0.3) is 0 Å². The fourth-order valence-corrected chi connectivity index (χ4v) is 1.26. The summed E-state index contributed by atoms with van der Waals surface area (Å²) >= 11 is 0. The molecule has 0 saturated carbocycles. The summed E-state index contributed by atoms with van der Waals surface area (Å²) in [5, 5.41) is 10.4. The zero-order valence-corrected chi connectivity index (χ0v) is 8.84. The third kappa shape index (κ3) is 2.40. The van der Waals surface area contributed by atoms with E-state index in [9.17, 15) is 18.9 Å². The largest absolute Gasteiger partial charge is 0.436 e. The van der Waals surface area contributed by atoms with E-state index in [0.717, 1.165) is 0 Å². The average Bonchev–Trinajstić information content (AvgIpc) is 2.34. The Kier molecular flexibility index (Phi) is 3.13. The predicted molar refractivity (Wildman–Crippen MR) is 57.3 cm³/mol. The van der Waals surface area contributed by atoms with Crippen molar-refractivity contribution in [1.82, 2.24) is 4.98 Å². The highest BCUT2D eigenvalue weighted by molar-refractivity contribution is 5.40. The molecule has 5 nitrogen and oxygen atoms in total. The van der Waals surface area contributed by atoms with Crippen LogP contribution in [0.4, 0.5) is 14.5 Å². The van der Waals surface area contributed by atoms with Gasteiger partial charge in [0, 0.05) is 18.3 Å². The summed E-state index contributed by atoms with van der Waals surface area (Å²) in [5.41, 5.74) is -0.944. The van der Waals surface area contributed by atoms with Crippen LogP contribution in [-0.4, -0.2) is 9.91 Å². The molecule has 0 aliphatic heterocycles. The van der Waals surface area contributed by atoms with Crippen molar-refractivity contribution in [2.45, 2.75) is 0 Å². The van der Waals surface area contributed by atoms with Gasteiger partial charge in [-0.25, -0.2) is 9.37 Å². The van der Waals surface area contributed by atoms with Gasteiger partial charge in [-0.2, -0.15) is 4.39 Å². The second kappa shape index (κ2) is 4.74. The maximum Gasteiger partial charge on any atom is 0.307 e. The molecule has 0 atom stereocenters. The van der Waals surface area contributed by atoms with Crippen molar-refractivity contribution in [1.29, 1.82) is 0 Å². The zero-order valence-electron chi connectivity index (χ0n) is 8.84. The summed E-state index contributed by atoms with van der Waals surface area (Å²) in [6.07, 6.45) is 1.41. The Morgan fingerprint density at radius 3 is 2.61 bits per heavy atom. The van der Waals surface area contributed by atoms with Crippen LogP contribution in [0, 0.1) is 21.7 Å². The van der Waals surface area contributed by atoms with Gasteiger partial charge in [-0.1, -0.05) is 6.07 Å². The first kappa shape index (κ1) is 11.9. The van der Waals surface area contributed by atoms with Gasteiger partial charge in [0.1, 0.15) is 0 Å². The van der Waals surface area contributed by atoms with Crippen LogP contribution in [0.15, 0.2) is 36.5 Å². The molecule has 0 spiro atoms. The highest BCUT2D eigenvalue weighted by Crippen LogP contribution is 2.28. The fourth-order valence-electron chi connectivity index (χ4n) is 1.26. The fraction of sp³-hybridized carbons (Fsp3) is 0. The average molecular weight is 252 g/mol. The van der Waals surface area contributed by atoms with Crippen molar-refractivity contribution in [2.24, 2.45) is 0 Å². The molecule has 0 N–H and O–H groups in total. The number of aromatic nitrogens is 1. The predicted octanol–water partition coefficient (Wildman–Crippen LogP) is 3.06. The van der Waals surface area contributed by atoms with E-state index in [1.54, 1.807) is 12.1 Å². The first-order valence-corrected chi connectivity index (χ1v) is 4.80. The molecule has 0 aliphatic rings. The standard InChI is InChI=1S/C11H6F2N2O3/c12-7-6-10(8(13)5-9(7)15(16)17)18-11-3-1-2-4-14-11/h1-6H. The Hall–Kier alpha value is -2.57. The summed E-state index contributed by atoms with van der Waals surface area (Å²) in [5.74, 6) is -2.61. The highest BCUT2D eigenvalue weighted by Gasteiger charge is 2.19. The molecule has 92 valence electrons. The van der Waals surface area contributed by atoms with Gasteiger partial charge in [0.05, 0.1) is 11.0 Å². The van der Waals surface area contributed by atoms with E-state index in [2.05, 4.69) is 4.98 Å². The Balaban J connectivity index is 2.35. The van der Waals surface area contributed by atoms with Crippen molar-refractivity contribution in [2.75, 3.05) is 0 Å². The van der Waals surface area contributed by atoms with E-state index in [0.29, 0.717) is 12.1 Å². The summed E-state index contributed by atoms with van der Waals surface area (Å²) in [6.45, 7) is 0. The van der Waals surface area contributed by atoms with Crippen molar-refractivity contribution >= 4 is 5.69 Å². The number of pyridine rings is 1. The summed E-state index contributed by atoms with van der Waals surface area (Å²) in [7, 11) is 0. The van der Waals surface area contributed by atoms with Gasteiger partial charge in [0.25, 0.3) is 0 Å². The van der Waals surface area contributed by atoms with E-state index in [1.165, 1.54) is 12.3 Å². The van der Waals surface area contributed by atoms with Gasteiger partial charge in [-0.05, 0) is 6.07 Å². The van der Waals surface area contributed by atoms with Crippen molar-refractivity contribution < 1.29 is 18.4 Å². The number of benzene rings is 1. The lowest BCUT2D eigenvalue weighted by Gasteiger charge is -2.05. The number of nitrogens with zero attached hydrogens (tertiary/aromatic N) is 2. The molecule has 1 aromatic carbocycles. The molecule has 0 radical (unpaired) electrons. The Morgan fingerprint density at radius 2 is 2.00 bits per heavy atom. The summed E-state index contributed by atoms with van der Waals surface area (Å²) < 4.78 is 31.7. The van der Waals surface area contributed by atoms with Crippen LogP contribution >= 0.6 is 0 Å². The second-order valence-corrected chi connectivity index (χ2v) is 3.26. The number of rotatable bonds is 3. The number of hydrogen-bond donors (Lipinski definition) is 0. The Labute approximate surface area is 99.8 Å². The lowest BCUT2D eigenvalue weighted by molar-refractivity contribution is -0.387. The van der Waals surface area contributed by atoms with Crippen molar-refractivity contribution in [3.63, 3.8) is 0 Å². The molecule has 0 bridgehead atoms. The van der Waals surface area contributed by atoms with Crippen LogP contribution in [-0.2, 0) is 0 Å². The minimum atomic E-state index is -1.17. The molecular weight excluding hydrogens is 246 g/mol. The number of halogens is 2. The molecule has 7 heteroatoms. The maximum absolute atomic E-state index is 13.5. The van der Waals surface area contributed by atoms with Crippen molar-refractivity contribution in [3.05, 3.63) is 58.3 Å². The number of hydrogen-bond acceptors (Lipinski definition) is 4. The Morgan fingerprint density at radius 1 is 1.22 bits per heavy atom. The lowest BCUT2D eigenvalue weighted by atomic mass is 10.3. The molecule has 0 aliphatic carbocycles. The van der Waals surface area contributed by atoms with E-state index in [-0.39, 0.29) is 5.88 Å². The molecule has 0 unspecified atom stereocenters. The first-order chi connectivity index (χ1) is 8.58. The number of nitro groups is 1. The van der Waals surface area contributed by atoms with Crippen LogP contribution in [0.3, 0.4) is 0 Å². The highest BCUT2D eigenvalue weighted by atomic mass is 19.1. The van der Waals surface area contributed by atoms with E-state index >= 15 is 0 Å². The Bertz CT molecular complexity index is 590. The molecule has 1 aromatic heterocycles. The summed E-state index contributed by atoms with van der Waals surface area (Å²) in [4.78, 5) is 13.1. The van der Waals surface area contributed by atoms with Gasteiger partial charge in [0.2, 0.25) is 11.7 Å². The van der Waals surface area contributed by atoms with Crippen molar-refractivity contribution in [3.8, 4) is 11.6 Å². The van der Waals surface area contributed by atoms with Crippen LogP contribution in [0.1, 0.15) is 0 Å². The monoisotopic (exact) mass is 252 g/mol. The molecule has 18 heavy (non-hydrogen) atoms. The van der Waals surface area contributed by atoms with Gasteiger partial charge in [0.15, 0.2) is 11.6 Å². The van der Waals surface area contributed by atoms with Crippen LogP contribution in [0.2, 0.25) is 0 Å². The molecule has 0 saturated heterocycles. The third-order valence-electron chi connectivity index (χ3n) is 2.05. The number of nitro benzene ring substituents is 1. The zero-order chi connectivity index (χ0) is 13.1. The molecule has 2 rings (SSSR count). The molecule has 1 heterocycles.